The molecule has 0 aromatic carbocycles. The lowest BCUT2D eigenvalue weighted by atomic mass is 9.82. The van der Waals surface area contributed by atoms with Gasteiger partial charge < -0.3 is 14.8 Å². The first-order valence-corrected chi connectivity index (χ1v) is 9.22. The maximum absolute atomic E-state index is 13.1. The first-order chi connectivity index (χ1) is 13.0. The maximum Gasteiger partial charge on any atom is 0.271 e. The van der Waals surface area contributed by atoms with Crippen molar-refractivity contribution in [2.75, 3.05) is 6.54 Å². The summed E-state index contributed by atoms with van der Waals surface area (Å²) in [7, 11) is 0. The van der Waals surface area contributed by atoms with E-state index in [4.69, 9.17) is 0 Å². The predicted molar refractivity (Wildman–Crippen MR) is 95.4 cm³/mol. The van der Waals surface area contributed by atoms with Gasteiger partial charge in [0.05, 0.1) is 18.3 Å². The van der Waals surface area contributed by atoms with Crippen molar-refractivity contribution < 1.29 is 14.0 Å². The molecule has 1 fully saturated rings. The van der Waals surface area contributed by atoms with Gasteiger partial charge in [0.15, 0.2) is 0 Å². The normalized spacial score (nSPS) is 24.1. The Kier molecular flexibility index (Phi) is 4.63. The molecule has 1 aliphatic carbocycles. The SMILES string of the molecule is C[C@H]1c2nc(C(=O)NCc3ccccn3)cn2CCN1C(=O)C1CC(F)C1. The summed E-state index contributed by atoms with van der Waals surface area (Å²) in [6, 6.07) is 5.29. The first kappa shape index (κ1) is 17.6. The average Bonchev–Trinajstić information content (AvgIpc) is 3.09. The van der Waals surface area contributed by atoms with E-state index in [0.717, 1.165) is 5.69 Å². The van der Waals surface area contributed by atoms with Crippen molar-refractivity contribution in [2.45, 2.75) is 45.1 Å². The van der Waals surface area contributed by atoms with Crippen molar-refractivity contribution in [3.8, 4) is 0 Å². The number of alkyl halides is 1. The minimum absolute atomic E-state index is 0.00759. The fourth-order valence-electron chi connectivity index (χ4n) is 3.65. The lowest BCUT2D eigenvalue weighted by molar-refractivity contribution is -0.143. The summed E-state index contributed by atoms with van der Waals surface area (Å²) >= 11 is 0. The summed E-state index contributed by atoms with van der Waals surface area (Å²) in [5.41, 5.74) is 1.10. The van der Waals surface area contributed by atoms with Gasteiger partial charge in [-0.15, -0.1) is 0 Å². The Labute approximate surface area is 156 Å². The van der Waals surface area contributed by atoms with Crippen molar-refractivity contribution in [1.82, 2.24) is 24.8 Å². The molecule has 2 amide bonds. The number of hydrogen-bond donors (Lipinski definition) is 1. The van der Waals surface area contributed by atoms with Crippen LogP contribution in [0.1, 0.15) is 47.8 Å². The van der Waals surface area contributed by atoms with E-state index < -0.39 is 6.17 Å². The summed E-state index contributed by atoms with van der Waals surface area (Å²) in [5, 5.41) is 2.82. The van der Waals surface area contributed by atoms with Crippen molar-refractivity contribution in [1.29, 1.82) is 0 Å². The van der Waals surface area contributed by atoms with Crippen LogP contribution < -0.4 is 5.32 Å². The third-order valence-corrected chi connectivity index (χ3v) is 5.33. The van der Waals surface area contributed by atoms with E-state index in [2.05, 4.69) is 15.3 Å². The van der Waals surface area contributed by atoms with E-state index in [1.807, 2.05) is 29.7 Å². The van der Waals surface area contributed by atoms with E-state index >= 15 is 0 Å². The zero-order valence-electron chi connectivity index (χ0n) is 15.1. The highest BCUT2D eigenvalue weighted by molar-refractivity contribution is 5.92. The molecule has 0 unspecified atom stereocenters. The van der Waals surface area contributed by atoms with Crippen molar-refractivity contribution in [3.63, 3.8) is 0 Å². The Morgan fingerprint density at radius 2 is 2.11 bits per heavy atom. The molecule has 1 aliphatic heterocycles. The second-order valence-electron chi connectivity index (χ2n) is 7.15. The molecule has 2 aromatic rings. The molecule has 1 saturated carbocycles. The number of fused-ring (bicyclic) bond motifs is 1. The zero-order chi connectivity index (χ0) is 19.0. The monoisotopic (exact) mass is 371 g/mol. The van der Waals surface area contributed by atoms with Crippen molar-refractivity contribution in [2.24, 2.45) is 5.92 Å². The second kappa shape index (κ2) is 7.09. The molecule has 2 aromatic heterocycles. The first-order valence-electron chi connectivity index (χ1n) is 9.22. The van der Waals surface area contributed by atoms with Crippen LogP contribution in [0.3, 0.4) is 0 Å². The highest BCUT2D eigenvalue weighted by Gasteiger charge is 2.40. The number of amides is 2. The predicted octanol–water partition coefficient (Wildman–Crippen LogP) is 1.86. The molecular weight excluding hydrogens is 349 g/mol. The van der Waals surface area contributed by atoms with Gasteiger partial charge in [0, 0.05) is 31.4 Å². The number of carbonyl (C=O) groups excluding carboxylic acids is 2. The third-order valence-electron chi connectivity index (χ3n) is 5.33. The van der Waals surface area contributed by atoms with Crippen molar-refractivity contribution >= 4 is 11.8 Å². The fraction of sp³-hybridized carbons (Fsp3) is 0.474. The minimum atomic E-state index is -0.851. The molecule has 0 bridgehead atoms. The molecule has 2 aliphatic rings. The Hall–Kier alpha value is -2.77. The van der Waals surface area contributed by atoms with Gasteiger partial charge in [-0.2, -0.15) is 0 Å². The highest BCUT2D eigenvalue weighted by Crippen LogP contribution is 2.35. The van der Waals surface area contributed by atoms with Crippen LogP contribution in [0.25, 0.3) is 0 Å². The van der Waals surface area contributed by atoms with E-state index in [9.17, 15) is 14.0 Å². The van der Waals surface area contributed by atoms with E-state index in [-0.39, 0.29) is 23.8 Å². The van der Waals surface area contributed by atoms with Crippen LogP contribution in [0.4, 0.5) is 4.39 Å². The van der Waals surface area contributed by atoms with Gasteiger partial charge in [0.25, 0.3) is 5.91 Å². The van der Waals surface area contributed by atoms with E-state index in [1.54, 1.807) is 17.3 Å². The van der Waals surface area contributed by atoms with Gasteiger partial charge in [-0.05, 0) is 31.9 Å². The Balaban J connectivity index is 1.43. The summed E-state index contributed by atoms with van der Waals surface area (Å²) in [6.07, 6.45) is 3.19. The number of nitrogens with one attached hydrogen (secondary N) is 1. The molecule has 4 rings (SSSR count). The molecular formula is C19H22FN5O2. The summed E-state index contributed by atoms with van der Waals surface area (Å²) < 4.78 is 15.0. The molecule has 7 nitrogen and oxygen atoms in total. The average molecular weight is 371 g/mol. The van der Waals surface area contributed by atoms with Crippen molar-refractivity contribution in [3.05, 3.63) is 47.8 Å². The molecule has 3 heterocycles. The maximum atomic E-state index is 13.1. The number of rotatable bonds is 4. The van der Waals surface area contributed by atoms with Crippen LogP contribution >= 0.6 is 0 Å². The number of imidazole rings is 1. The molecule has 0 spiro atoms. The molecule has 1 N–H and O–H groups in total. The van der Waals surface area contributed by atoms with Crippen LogP contribution in [-0.4, -0.2) is 44.0 Å². The smallest absolute Gasteiger partial charge is 0.271 e. The number of hydrogen-bond acceptors (Lipinski definition) is 4. The Bertz CT molecular complexity index is 847. The molecule has 27 heavy (non-hydrogen) atoms. The molecule has 8 heteroatoms. The second-order valence-corrected chi connectivity index (χ2v) is 7.15. The van der Waals surface area contributed by atoms with E-state index in [0.29, 0.717) is 44.0 Å². The van der Waals surface area contributed by atoms with Crippen LogP contribution in [-0.2, 0) is 17.9 Å². The molecule has 0 radical (unpaired) electrons. The summed E-state index contributed by atoms with van der Waals surface area (Å²) in [4.78, 5) is 35.4. The van der Waals surface area contributed by atoms with Crippen LogP contribution in [0.5, 0.6) is 0 Å². The van der Waals surface area contributed by atoms with Crippen LogP contribution in [0.2, 0.25) is 0 Å². The number of halogens is 1. The quantitative estimate of drug-likeness (QED) is 0.890. The number of aromatic nitrogens is 3. The standard InChI is InChI=1S/C19H22FN5O2/c1-12-17-23-16(18(26)22-10-15-4-2-3-5-21-15)11-24(17)6-7-25(12)19(27)13-8-14(20)9-13/h2-5,11-14H,6-10H2,1H3,(H,22,26)/t12-,13?,14?/m0/s1. The molecule has 1 atom stereocenters. The van der Waals surface area contributed by atoms with Gasteiger partial charge in [-0.25, -0.2) is 9.37 Å². The Morgan fingerprint density at radius 1 is 1.30 bits per heavy atom. The molecule has 0 saturated heterocycles. The van der Waals surface area contributed by atoms with E-state index in [1.165, 1.54) is 0 Å². The lowest BCUT2D eigenvalue weighted by Gasteiger charge is -2.39. The summed E-state index contributed by atoms with van der Waals surface area (Å²) in [6.45, 7) is 3.36. The third kappa shape index (κ3) is 3.43. The largest absolute Gasteiger partial charge is 0.345 e. The fourth-order valence-corrected chi connectivity index (χ4v) is 3.65. The van der Waals surface area contributed by atoms with Gasteiger partial charge in [-0.1, -0.05) is 6.07 Å². The zero-order valence-corrected chi connectivity index (χ0v) is 15.1. The lowest BCUT2D eigenvalue weighted by Crippen LogP contribution is -2.47. The summed E-state index contributed by atoms with van der Waals surface area (Å²) in [5.74, 6) is 0.192. The minimum Gasteiger partial charge on any atom is -0.345 e. The van der Waals surface area contributed by atoms with Gasteiger partial charge in [-0.3, -0.25) is 14.6 Å². The number of pyridine rings is 1. The molecule has 142 valence electrons. The topological polar surface area (TPSA) is 80.1 Å². The van der Waals surface area contributed by atoms with Gasteiger partial charge in [0.2, 0.25) is 5.91 Å². The number of nitrogens with zero attached hydrogens (tertiary/aromatic N) is 4. The van der Waals surface area contributed by atoms with Gasteiger partial charge >= 0.3 is 0 Å². The van der Waals surface area contributed by atoms with Crippen LogP contribution in [0, 0.1) is 5.92 Å². The van der Waals surface area contributed by atoms with Gasteiger partial charge in [0.1, 0.15) is 17.7 Å². The Morgan fingerprint density at radius 3 is 2.81 bits per heavy atom. The number of carbonyl (C=O) groups is 2. The van der Waals surface area contributed by atoms with Crippen LogP contribution in [0.15, 0.2) is 30.6 Å². The highest BCUT2D eigenvalue weighted by atomic mass is 19.1.